The number of carbonyl (C=O) groups is 8. The van der Waals surface area contributed by atoms with Crippen molar-refractivity contribution in [2.45, 2.75) is 106 Å². The number of carboxylic acid groups (broad SMARTS) is 4. The van der Waals surface area contributed by atoms with Crippen molar-refractivity contribution in [2.24, 2.45) is 0 Å². The third-order valence-corrected chi connectivity index (χ3v) is 23.4. The average Bonchev–Trinajstić information content (AvgIpc) is 0.734. The Kier molecular flexibility index (Phi) is 40.0. The summed E-state index contributed by atoms with van der Waals surface area (Å²) in [5.74, 6) is -5.77. The second-order valence-electron chi connectivity index (χ2n) is 32.5. The third-order valence-electron chi connectivity index (χ3n) is 22.1. The molecular weight excluding hydrogens is 1890 g/mol. The highest BCUT2D eigenvalue weighted by Crippen LogP contribution is 2.30. The van der Waals surface area contributed by atoms with E-state index in [2.05, 4.69) is 19.6 Å². The lowest BCUT2D eigenvalue weighted by atomic mass is 9.98. The molecule has 708 valence electrons. The van der Waals surface area contributed by atoms with Gasteiger partial charge in [-0.05, 0) is 138 Å². The van der Waals surface area contributed by atoms with Crippen LogP contribution in [0.5, 0.6) is 0 Å². The minimum Gasteiger partial charge on any atom is -0.545 e. The molecule has 0 spiro atoms. The highest BCUT2D eigenvalue weighted by Gasteiger charge is 2.26. The van der Waals surface area contributed by atoms with Crippen LogP contribution in [0.2, 0.25) is 0 Å². The average molecular weight is 1990 g/mol. The zero-order valence-electron chi connectivity index (χ0n) is 74.7. The van der Waals surface area contributed by atoms with Crippen molar-refractivity contribution >= 4 is 183 Å². The van der Waals surface area contributed by atoms with Gasteiger partial charge in [-0.15, -0.1) is 92.8 Å². The lowest BCUT2D eigenvalue weighted by Gasteiger charge is -2.20. The monoisotopic (exact) mass is 1980 g/mol. The standard InChI is InChI=1S/2C25H25Cl2FN2O4.2C25H26Cl2N2O4/c1-15(2)30-14-20(25(33)34)24(32)19-11-21(28)18(12-22(19)30)23(31)17-5-3-16(4-6-17)13-29(9-7-26)10-8-27;1-15(2)30-14-20(25(33)34)24(32)19-11-21(28)18(12-22(19)30)23(31)17-5-3-4-16(10-17)13-29(8-6-26)9-7-27;1-16(2)29-15-21(25(32)33)24(31)20-8-7-19(13-22(20)29)23(30)18-5-3-17(4-6-18)14-28(11-9-26)12-10-27;1-16(2)29-15-21(25(32)33)24(31)20-7-6-19(13-22(20)29)23(30)18-5-3-4-17(12-18)14-28(10-8-26)11-9-27/h3-6,11-12,14-15H,7-10,13H2,1-2H3,(H,33,34);3-5,10-12,14-15H,6-9,13H2,1-2H3,(H,33,34);3-8,13,15-16H,9-12,14H2,1-2H3,(H,32,33);3-7,12-13,15-16H,8-11,14H2,1-2H3,(H,32,33)/p-4. The number of fused-ring (bicyclic) bond motifs is 4. The van der Waals surface area contributed by atoms with Crippen LogP contribution in [0.25, 0.3) is 43.6 Å². The number of benzene rings is 8. The first-order chi connectivity index (χ1) is 63.9. The molecule has 0 saturated carbocycles. The third kappa shape index (κ3) is 26.9. The molecular formula is C100H98Cl8F2N8O16-4. The summed E-state index contributed by atoms with van der Waals surface area (Å²) < 4.78 is 36.4. The van der Waals surface area contributed by atoms with Crippen LogP contribution in [0.1, 0.15) is 207 Å². The number of halogens is 10. The van der Waals surface area contributed by atoms with E-state index in [0.717, 1.165) is 47.5 Å². The van der Waals surface area contributed by atoms with Crippen LogP contribution in [-0.2, 0) is 26.2 Å². The van der Waals surface area contributed by atoms with E-state index in [1.54, 1.807) is 122 Å². The molecule has 4 aromatic heterocycles. The molecule has 0 unspecified atom stereocenters. The number of carboxylic acids is 4. The minimum absolute atomic E-state index is 0.125. The SMILES string of the molecule is CC(C)n1cc(C(=O)[O-])c(=O)c2cc(F)c(C(=O)c3ccc(CN(CCCl)CCCl)cc3)cc21.CC(C)n1cc(C(=O)[O-])c(=O)c2cc(F)c(C(=O)c3cccc(CN(CCCl)CCCl)c3)cc21.CC(C)n1cc(C(=O)[O-])c(=O)c2ccc(C(=O)c3ccc(CN(CCCl)CCCl)cc3)cc21.CC(C)n1cc(C(=O)[O-])c(=O)c2ccc(C(=O)c3cccc(CN(CCCl)CCCl)c3)cc21. The second-order valence-corrected chi connectivity index (χ2v) is 35.6. The van der Waals surface area contributed by atoms with Crippen LogP contribution in [0, 0.1) is 11.6 Å². The molecule has 0 bridgehead atoms. The predicted molar refractivity (Wildman–Crippen MR) is 518 cm³/mol. The van der Waals surface area contributed by atoms with Gasteiger partial charge in [-0.1, -0.05) is 97.1 Å². The van der Waals surface area contributed by atoms with Gasteiger partial charge in [0.05, 0.1) is 79.3 Å². The zero-order chi connectivity index (χ0) is 98.2. The summed E-state index contributed by atoms with van der Waals surface area (Å²) in [4.78, 5) is 157. The molecule has 0 aliphatic carbocycles. The topological polar surface area (TPSA) is 330 Å². The van der Waals surface area contributed by atoms with Gasteiger partial charge in [0, 0.05) is 229 Å². The number of pyridine rings is 4. The molecule has 4 heterocycles. The van der Waals surface area contributed by atoms with E-state index < -0.39 is 91.0 Å². The predicted octanol–water partition coefficient (Wildman–Crippen LogP) is 14.1. The Balaban J connectivity index is 0.000000201. The van der Waals surface area contributed by atoms with E-state index in [1.165, 1.54) is 58.2 Å². The molecule has 0 fully saturated rings. The second kappa shape index (κ2) is 50.1. The smallest absolute Gasteiger partial charge is 0.198 e. The van der Waals surface area contributed by atoms with Crippen LogP contribution in [0.4, 0.5) is 8.78 Å². The van der Waals surface area contributed by atoms with E-state index >= 15 is 4.39 Å². The van der Waals surface area contributed by atoms with Gasteiger partial charge < -0.3 is 57.9 Å². The summed E-state index contributed by atoms with van der Waals surface area (Å²) in [5.41, 5.74) is 2.48. The molecule has 0 N–H and O–H groups in total. The molecule has 134 heavy (non-hydrogen) atoms. The molecule has 0 saturated heterocycles. The molecule has 0 aliphatic heterocycles. The first-order valence-corrected chi connectivity index (χ1v) is 47.1. The maximum absolute atomic E-state index is 15.0. The Hall–Kier alpha value is -10.8. The quantitative estimate of drug-likeness (QED) is 0.0254. The van der Waals surface area contributed by atoms with Crippen LogP contribution in [-0.4, -0.2) is 184 Å². The molecule has 12 rings (SSSR count). The first-order valence-electron chi connectivity index (χ1n) is 42.8. The summed E-state index contributed by atoms with van der Waals surface area (Å²) in [5, 5.41) is 45.7. The van der Waals surface area contributed by atoms with Crippen molar-refractivity contribution in [3.63, 3.8) is 0 Å². The normalized spacial score (nSPS) is 11.5. The Labute approximate surface area is 812 Å². The van der Waals surface area contributed by atoms with E-state index in [1.807, 2.05) is 64.1 Å². The lowest BCUT2D eigenvalue weighted by molar-refractivity contribution is -0.256. The lowest BCUT2D eigenvalue weighted by Crippen LogP contribution is -2.30. The van der Waals surface area contributed by atoms with E-state index in [-0.39, 0.29) is 90.6 Å². The Morgan fingerprint density at radius 2 is 0.507 bits per heavy atom. The fourth-order valence-electron chi connectivity index (χ4n) is 15.2. The van der Waals surface area contributed by atoms with Gasteiger partial charge in [-0.25, -0.2) is 8.78 Å². The maximum Gasteiger partial charge on any atom is 0.198 e. The fraction of sp³-hybridized carbons (Fsp3) is 0.320. The van der Waals surface area contributed by atoms with E-state index in [9.17, 15) is 82.4 Å². The van der Waals surface area contributed by atoms with Crippen LogP contribution >= 0.6 is 92.8 Å². The number of aromatic nitrogens is 4. The molecule has 0 amide bonds. The van der Waals surface area contributed by atoms with Gasteiger partial charge in [-0.2, -0.15) is 0 Å². The van der Waals surface area contributed by atoms with E-state index in [4.69, 9.17) is 92.8 Å². The van der Waals surface area contributed by atoms with Gasteiger partial charge in [0.15, 0.2) is 44.8 Å². The molecule has 8 aromatic carbocycles. The number of hydrogen-bond donors (Lipinski definition) is 0. The van der Waals surface area contributed by atoms with Gasteiger partial charge in [0.2, 0.25) is 0 Å². The number of alkyl halides is 8. The molecule has 0 atom stereocenters. The Morgan fingerprint density at radius 1 is 0.276 bits per heavy atom. The molecule has 0 aliphatic rings. The molecule has 0 radical (unpaired) electrons. The van der Waals surface area contributed by atoms with Crippen molar-refractivity contribution in [1.82, 2.24) is 37.9 Å². The van der Waals surface area contributed by atoms with Gasteiger partial charge in [0.25, 0.3) is 0 Å². The van der Waals surface area contributed by atoms with Crippen molar-refractivity contribution in [3.8, 4) is 0 Å². The number of ketones is 4. The molecule has 12 aromatic rings. The molecule has 34 heteroatoms. The number of nitrogens with zero attached hydrogens (tertiary/aromatic N) is 8. The van der Waals surface area contributed by atoms with Crippen molar-refractivity contribution in [2.75, 3.05) is 99.4 Å². The summed E-state index contributed by atoms with van der Waals surface area (Å²) in [6, 6.07) is 41.5. The largest absolute Gasteiger partial charge is 0.545 e. The van der Waals surface area contributed by atoms with Crippen LogP contribution in [0.15, 0.2) is 202 Å². The Morgan fingerprint density at radius 3 is 0.784 bits per heavy atom. The van der Waals surface area contributed by atoms with Gasteiger partial charge in [-0.3, -0.25) is 58.0 Å². The maximum atomic E-state index is 15.0. The summed E-state index contributed by atoms with van der Waals surface area (Å²) in [7, 11) is 0. The first kappa shape index (κ1) is 107. The number of hydrogen-bond acceptors (Lipinski definition) is 20. The van der Waals surface area contributed by atoms with Gasteiger partial charge >= 0.3 is 0 Å². The van der Waals surface area contributed by atoms with Crippen molar-refractivity contribution < 1.29 is 67.6 Å². The highest BCUT2D eigenvalue weighted by molar-refractivity contribution is 6.20. The molecule has 24 nitrogen and oxygen atoms in total. The van der Waals surface area contributed by atoms with Crippen LogP contribution in [0.3, 0.4) is 0 Å². The van der Waals surface area contributed by atoms with Crippen LogP contribution < -0.4 is 42.1 Å². The number of carbonyl (C=O) groups excluding carboxylic acids is 8. The number of aromatic carboxylic acids is 4. The van der Waals surface area contributed by atoms with E-state index in [0.29, 0.717) is 146 Å². The fourth-order valence-corrected chi connectivity index (χ4v) is 17.1. The van der Waals surface area contributed by atoms with Crippen molar-refractivity contribution in [1.29, 1.82) is 0 Å². The number of rotatable bonds is 40. The van der Waals surface area contributed by atoms with Gasteiger partial charge in [0.1, 0.15) is 11.6 Å². The van der Waals surface area contributed by atoms with Crippen molar-refractivity contribution in [3.05, 3.63) is 324 Å². The zero-order valence-corrected chi connectivity index (χ0v) is 80.7. The minimum atomic E-state index is -1.64. The summed E-state index contributed by atoms with van der Waals surface area (Å²) >= 11 is 46.9. The Bertz CT molecular complexity index is 6560. The highest BCUT2D eigenvalue weighted by atomic mass is 35.5. The summed E-state index contributed by atoms with van der Waals surface area (Å²) in [6.45, 7) is 22.5. The summed E-state index contributed by atoms with van der Waals surface area (Å²) in [6.07, 6.45) is 4.89.